The van der Waals surface area contributed by atoms with Gasteiger partial charge >= 0.3 is 0 Å². The molecule has 1 atom stereocenters. The van der Waals surface area contributed by atoms with E-state index < -0.39 is 10.7 Å². The maximum absolute atomic E-state index is 13.1. The average Bonchev–Trinajstić information content (AvgIpc) is 3.19. The highest BCUT2D eigenvalue weighted by atomic mass is 32.2. The zero-order valence-corrected chi connectivity index (χ0v) is 15.9. The molecule has 4 rings (SSSR count). The van der Waals surface area contributed by atoms with Crippen molar-refractivity contribution in [3.05, 3.63) is 89.6 Å². The lowest BCUT2D eigenvalue weighted by molar-refractivity contribution is 0.379. The van der Waals surface area contributed by atoms with Gasteiger partial charge in [-0.1, -0.05) is 12.1 Å². The molecule has 3 aromatic rings. The Kier molecular flexibility index (Phi) is 5.30. The van der Waals surface area contributed by atoms with E-state index in [4.69, 9.17) is 9.47 Å². The van der Waals surface area contributed by atoms with E-state index in [1.807, 2.05) is 53.9 Å². The molecule has 3 aromatic carbocycles. The smallest absolute Gasteiger partial charge is 0.169 e. The fourth-order valence-electron chi connectivity index (χ4n) is 2.63. The van der Waals surface area contributed by atoms with Crippen LogP contribution in [0, 0.1) is 5.82 Å². The molecule has 0 spiro atoms. The van der Waals surface area contributed by atoms with Crippen molar-refractivity contribution in [1.29, 1.82) is 0 Å². The van der Waals surface area contributed by atoms with Crippen molar-refractivity contribution < 1.29 is 13.9 Å². The number of aliphatic imine (C=N–C) groups is 1. The van der Waals surface area contributed by atoms with Gasteiger partial charge in [0.25, 0.3) is 0 Å². The lowest BCUT2D eigenvalue weighted by Gasteiger charge is -2.09. The van der Waals surface area contributed by atoms with E-state index >= 15 is 0 Å². The molecular weight excluding hydrogens is 375 g/mol. The second-order valence-electron chi connectivity index (χ2n) is 5.93. The van der Waals surface area contributed by atoms with Crippen LogP contribution in [0.1, 0.15) is 5.56 Å². The summed E-state index contributed by atoms with van der Waals surface area (Å²) in [5.74, 6) is 1.78. The molecule has 0 radical (unpaired) electrons. The SMILES string of the molecule is COc1ccccc1Oc1ccc(N=S2C=NC(c3ccc(F)cc3)=C2)cc1. The van der Waals surface area contributed by atoms with Crippen LogP contribution in [0.2, 0.25) is 0 Å². The van der Waals surface area contributed by atoms with Gasteiger partial charge in [0.15, 0.2) is 11.5 Å². The van der Waals surface area contributed by atoms with Crippen molar-refractivity contribution in [1.82, 2.24) is 0 Å². The van der Waals surface area contributed by atoms with Gasteiger partial charge in [-0.2, -0.15) is 0 Å². The molecule has 1 aliphatic rings. The van der Waals surface area contributed by atoms with Gasteiger partial charge < -0.3 is 9.47 Å². The predicted octanol–water partition coefficient (Wildman–Crippen LogP) is 6.10. The molecule has 0 amide bonds. The Morgan fingerprint density at radius 2 is 1.61 bits per heavy atom. The van der Waals surface area contributed by atoms with Crippen molar-refractivity contribution in [2.24, 2.45) is 9.36 Å². The van der Waals surface area contributed by atoms with E-state index in [2.05, 4.69) is 9.36 Å². The van der Waals surface area contributed by atoms with Crippen LogP contribution < -0.4 is 9.47 Å². The normalized spacial score (nSPS) is 15.5. The lowest BCUT2D eigenvalue weighted by Crippen LogP contribution is -1.89. The van der Waals surface area contributed by atoms with Crippen molar-refractivity contribution in [3.63, 3.8) is 0 Å². The van der Waals surface area contributed by atoms with Crippen LogP contribution in [-0.4, -0.2) is 12.7 Å². The molecule has 0 saturated carbocycles. The first-order valence-electron chi connectivity index (χ1n) is 8.58. The Labute approximate surface area is 165 Å². The lowest BCUT2D eigenvalue weighted by atomic mass is 10.2. The van der Waals surface area contributed by atoms with E-state index in [0.717, 1.165) is 16.9 Å². The first-order valence-corrected chi connectivity index (χ1v) is 9.89. The van der Waals surface area contributed by atoms with Gasteiger partial charge in [0.2, 0.25) is 0 Å². The predicted molar refractivity (Wildman–Crippen MR) is 112 cm³/mol. The third kappa shape index (κ3) is 4.18. The summed E-state index contributed by atoms with van der Waals surface area (Å²) in [7, 11) is 1.17. The topological polar surface area (TPSA) is 43.2 Å². The number of halogens is 1. The van der Waals surface area contributed by atoms with E-state index in [9.17, 15) is 4.39 Å². The van der Waals surface area contributed by atoms with E-state index in [1.165, 1.54) is 12.1 Å². The summed E-state index contributed by atoms with van der Waals surface area (Å²) in [6.45, 7) is 0. The van der Waals surface area contributed by atoms with E-state index in [-0.39, 0.29) is 5.82 Å². The van der Waals surface area contributed by atoms with Crippen molar-refractivity contribution >= 4 is 27.6 Å². The number of para-hydroxylation sites is 2. The van der Waals surface area contributed by atoms with Crippen LogP contribution in [0.4, 0.5) is 10.1 Å². The first kappa shape index (κ1) is 18.1. The summed E-state index contributed by atoms with van der Waals surface area (Å²) in [6, 6.07) is 21.3. The van der Waals surface area contributed by atoms with Gasteiger partial charge in [0.05, 0.1) is 24.0 Å². The standard InChI is InChI=1S/C22H17FN2O2S/c1-26-21-4-2-3-5-22(21)27-19-12-10-18(11-13-19)25-28-14-20(24-15-28)16-6-8-17(23)9-7-16/h2-15H,1H3. The molecule has 1 heterocycles. The zero-order valence-electron chi connectivity index (χ0n) is 15.1. The maximum Gasteiger partial charge on any atom is 0.169 e. The fraction of sp³-hybridized carbons (Fsp3) is 0.0455. The highest BCUT2D eigenvalue weighted by molar-refractivity contribution is 8.03. The third-order valence-corrected chi connectivity index (χ3v) is 5.22. The van der Waals surface area contributed by atoms with Crippen LogP contribution in [0.5, 0.6) is 17.2 Å². The van der Waals surface area contributed by atoms with Gasteiger partial charge in [-0.3, -0.25) is 0 Å². The van der Waals surface area contributed by atoms with E-state index in [0.29, 0.717) is 17.2 Å². The number of ether oxygens (including phenoxy) is 2. The van der Waals surface area contributed by atoms with Crippen LogP contribution >= 0.6 is 0 Å². The number of nitrogens with zero attached hydrogens (tertiary/aromatic N) is 2. The monoisotopic (exact) mass is 392 g/mol. The molecule has 1 aliphatic heterocycles. The molecule has 28 heavy (non-hydrogen) atoms. The average molecular weight is 392 g/mol. The first-order chi connectivity index (χ1) is 13.7. The largest absolute Gasteiger partial charge is 0.493 e. The van der Waals surface area contributed by atoms with Crippen LogP contribution in [-0.2, 0) is 10.7 Å². The summed E-state index contributed by atoms with van der Waals surface area (Å²) in [5.41, 5.74) is 4.32. The molecular formula is C22H17FN2O2S. The number of hydrogen-bond donors (Lipinski definition) is 0. The van der Waals surface area contributed by atoms with E-state index in [1.54, 1.807) is 24.8 Å². The number of hydrogen-bond acceptors (Lipinski definition) is 4. The Morgan fingerprint density at radius 3 is 2.32 bits per heavy atom. The van der Waals surface area contributed by atoms with Gasteiger partial charge in [-0.15, -0.1) is 0 Å². The van der Waals surface area contributed by atoms with Gasteiger partial charge in [-0.25, -0.2) is 13.7 Å². The molecule has 0 bridgehead atoms. The highest BCUT2D eigenvalue weighted by Gasteiger charge is 2.08. The minimum atomic E-state index is -0.447. The van der Waals surface area contributed by atoms with Crippen LogP contribution in [0.3, 0.4) is 0 Å². The third-order valence-electron chi connectivity index (χ3n) is 4.02. The number of methoxy groups -OCH3 is 1. The zero-order chi connectivity index (χ0) is 19.3. The van der Waals surface area contributed by atoms with Crippen molar-refractivity contribution in [2.45, 2.75) is 0 Å². The Bertz CT molecular complexity index is 1070. The molecule has 0 saturated heterocycles. The molecule has 0 N–H and O–H groups in total. The molecule has 140 valence electrons. The fourth-order valence-corrected chi connectivity index (χ4v) is 3.80. The second-order valence-corrected chi connectivity index (χ2v) is 7.25. The molecule has 4 nitrogen and oxygen atoms in total. The summed E-state index contributed by atoms with van der Waals surface area (Å²) in [4.78, 5) is 4.40. The van der Waals surface area contributed by atoms with Crippen LogP contribution in [0.25, 0.3) is 5.70 Å². The molecule has 0 fully saturated rings. The molecule has 1 unspecified atom stereocenters. The number of rotatable bonds is 5. The van der Waals surface area contributed by atoms with Crippen molar-refractivity contribution in [2.75, 3.05) is 7.11 Å². The summed E-state index contributed by atoms with van der Waals surface area (Å²) < 4.78 is 28.9. The van der Waals surface area contributed by atoms with Gasteiger partial charge in [-0.05, 0) is 71.4 Å². The summed E-state index contributed by atoms with van der Waals surface area (Å²) in [5, 5.41) is 1.98. The van der Waals surface area contributed by atoms with Gasteiger partial charge in [0, 0.05) is 11.0 Å². The minimum absolute atomic E-state index is 0.259. The Morgan fingerprint density at radius 1 is 0.893 bits per heavy atom. The van der Waals surface area contributed by atoms with Crippen molar-refractivity contribution in [3.8, 4) is 17.2 Å². The quantitative estimate of drug-likeness (QED) is 0.526. The highest BCUT2D eigenvalue weighted by Crippen LogP contribution is 2.32. The minimum Gasteiger partial charge on any atom is -0.493 e. The molecule has 0 aromatic heterocycles. The molecule has 6 heteroatoms. The maximum atomic E-state index is 13.1. The molecule has 0 aliphatic carbocycles. The Balaban J connectivity index is 1.49. The second kappa shape index (κ2) is 8.19. The van der Waals surface area contributed by atoms with Gasteiger partial charge in [0.1, 0.15) is 11.6 Å². The number of benzene rings is 3. The van der Waals surface area contributed by atoms with Crippen LogP contribution in [0.15, 0.2) is 87.6 Å². The summed E-state index contributed by atoms with van der Waals surface area (Å²) >= 11 is 0. The summed E-state index contributed by atoms with van der Waals surface area (Å²) in [6.07, 6.45) is 0. The Hall–Kier alpha value is -3.25.